The van der Waals surface area contributed by atoms with Gasteiger partial charge in [0, 0.05) is 27.8 Å². The standard InChI is InChI=1S/C36H25NS/c1-2-6-25(7-3-1)26-11-13-27(14-12-26)31-19-20-32-22-33(24-37-35(32)23-31)28-15-17-29(18-16-28)34-10-4-8-30-9-5-21-38-36(30)34/h1-20,22-24H,21H2. The van der Waals surface area contributed by atoms with Crippen molar-refractivity contribution in [2.75, 3.05) is 5.75 Å². The Morgan fingerprint density at radius 2 is 1.18 bits per heavy atom. The van der Waals surface area contributed by atoms with Crippen molar-refractivity contribution in [3.05, 3.63) is 139 Å². The van der Waals surface area contributed by atoms with E-state index in [1.54, 1.807) is 0 Å². The van der Waals surface area contributed by atoms with Crippen molar-refractivity contribution in [2.24, 2.45) is 0 Å². The summed E-state index contributed by atoms with van der Waals surface area (Å²) in [7, 11) is 0. The fourth-order valence-corrected chi connectivity index (χ4v) is 6.17. The van der Waals surface area contributed by atoms with Crippen LogP contribution < -0.4 is 0 Å². The van der Waals surface area contributed by atoms with E-state index in [0.717, 1.165) is 22.2 Å². The Morgan fingerprint density at radius 3 is 1.97 bits per heavy atom. The Bertz CT molecular complexity index is 1780. The lowest BCUT2D eigenvalue weighted by molar-refractivity contribution is 1.39. The number of hydrogen-bond donors (Lipinski definition) is 0. The zero-order valence-corrected chi connectivity index (χ0v) is 21.7. The minimum absolute atomic E-state index is 1.01. The number of fused-ring (bicyclic) bond motifs is 2. The molecule has 0 fully saturated rings. The number of aromatic nitrogens is 1. The van der Waals surface area contributed by atoms with Crippen LogP contribution in [0, 0.1) is 0 Å². The van der Waals surface area contributed by atoms with Gasteiger partial charge < -0.3 is 0 Å². The van der Waals surface area contributed by atoms with Gasteiger partial charge in [0.05, 0.1) is 5.52 Å². The summed E-state index contributed by atoms with van der Waals surface area (Å²) >= 11 is 1.91. The van der Waals surface area contributed by atoms with E-state index in [2.05, 4.69) is 127 Å². The van der Waals surface area contributed by atoms with Gasteiger partial charge in [0.15, 0.2) is 0 Å². The zero-order chi connectivity index (χ0) is 25.3. The van der Waals surface area contributed by atoms with E-state index in [-0.39, 0.29) is 0 Å². The van der Waals surface area contributed by atoms with Crippen LogP contribution in [0.1, 0.15) is 5.56 Å². The minimum atomic E-state index is 1.01. The van der Waals surface area contributed by atoms with Crippen LogP contribution in [0.15, 0.2) is 138 Å². The van der Waals surface area contributed by atoms with E-state index in [0.29, 0.717) is 0 Å². The van der Waals surface area contributed by atoms with Gasteiger partial charge in [-0.3, -0.25) is 4.98 Å². The van der Waals surface area contributed by atoms with E-state index >= 15 is 0 Å². The van der Waals surface area contributed by atoms with Crippen molar-refractivity contribution in [2.45, 2.75) is 4.90 Å². The molecule has 0 N–H and O–H groups in total. The molecule has 180 valence electrons. The maximum absolute atomic E-state index is 4.84. The Hall–Kier alpha value is -4.40. The van der Waals surface area contributed by atoms with E-state index in [4.69, 9.17) is 4.98 Å². The molecule has 1 aliphatic rings. The van der Waals surface area contributed by atoms with Crippen molar-refractivity contribution >= 4 is 28.7 Å². The van der Waals surface area contributed by atoms with Crippen LogP contribution >= 0.6 is 11.8 Å². The van der Waals surface area contributed by atoms with Crippen LogP contribution in [0.25, 0.3) is 61.5 Å². The molecule has 1 nitrogen and oxygen atoms in total. The molecule has 0 saturated carbocycles. The molecule has 0 atom stereocenters. The quantitative estimate of drug-likeness (QED) is 0.237. The smallest absolute Gasteiger partial charge is 0.0708 e. The van der Waals surface area contributed by atoms with Crippen LogP contribution in [-0.4, -0.2) is 10.7 Å². The van der Waals surface area contributed by atoms with E-state index in [1.165, 1.54) is 49.4 Å². The summed E-state index contributed by atoms with van der Waals surface area (Å²) in [5.41, 5.74) is 12.0. The molecule has 0 spiro atoms. The Morgan fingerprint density at radius 1 is 0.526 bits per heavy atom. The summed E-state index contributed by atoms with van der Waals surface area (Å²) in [4.78, 5) is 6.21. The maximum Gasteiger partial charge on any atom is 0.0708 e. The SMILES string of the molecule is C1=Cc2cccc(-c3ccc(-c4cnc5cc(-c6ccc(-c7ccccc7)cc6)ccc5c4)cc3)c2SC1. The Kier molecular flexibility index (Phi) is 5.88. The molecule has 0 unspecified atom stereocenters. The van der Waals surface area contributed by atoms with Crippen molar-refractivity contribution in [1.29, 1.82) is 0 Å². The molecule has 38 heavy (non-hydrogen) atoms. The summed E-state index contributed by atoms with van der Waals surface area (Å²) in [5.74, 6) is 1.03. The molecule has 6 aromatic rings. The first-order chi connectivity index (χ1) is 18.8. The lowest BCUT2D eigenvalue weighted by Gasteiger charge is -2.15. The van der Waals surface area contributed by atoms with Gasteiger partial charge in [0.25, 0.3) is 0 Å². The van der Waals surface area contributed by atoms with Gasteiger partial charge >= 0.3 is 0 Å². The third-order valence-corrected chi connectivity index (χ3v) is 8.31. The molecule has 5 aromatic carbocycles. The molecule has 2 heteroatoms. The average molecular weight is 504 g/mol. The fraction of sp³-hybridized carbons (Fsp3) is 0.0278. The van der Waals surface area contributed by atoms with E-state index in [1.807, 2.05) is 24.0 Å². The first kappa shape index (κ1) is 22.8. The number of pyridine rings is 1. The van der Waals surface area contributed by atoms with Crippen molar-refractivity contribution in [3.63, 3.8) is 0 Å². The second-order valence-corrected chi connectivity index (χ2v) is 10.6. The van der Waals surface area contributed by atoms with Gasteiger partial charge in [0.1, 0.15) is 0 Å². The summed E-state index contributed by atoms with van der Waals surface area (Å²) in [6.07, 6.45) is 6.46. The van der Waals surface area contributed by atoms with Gasteiger partial charge in [-0.05, 0) is 56.6 Å². The monoisotopic (exact) mass is 503 g/mol. The topological polar surface area (TPSA) is 12.9 Å². The third kappa shape index (κ3) is 4.34. The van der Waals surface area contributed by atoms with Gasteiger partial charge in [-0.15, -0.1) is 11.8 Å². The maximum atomic E-state index is 4.84. The largest absolute Gasteiger partial charge is 0.256 e. The first-order valence-corrected chi connectivity index (χ1v) is 13.9. The summed E-state index contributed by atoms with van der Waals surface area (Å²) < 4.78 is 0. The van der Waals surface area contributed by atoms with E-state index in [9.17, 15) is 0 Å². The predicted molar refractivity (Wildman–Crippen MR) is 163 cm³/mol. The molecule has 0 bridgehead atoms. The number of hydrogen-bond acceptors (Lipinski definition) is 2. The molecule has 1 aromatic heterocycles. The summed E-state index contributed by atoms with van der Waals surface area (Å²) in [5, 5.41) is 1.15. The van der Waals surface area contributed by atoms with Crippen molar-refractivity contribution in [3.8, 4) is 44.5 Å². The van der Waals surface area contributed by atoms with Crippen LogP contribution in [-0.2, 0) is 0 Å². The summed E-state index contributed by atoms with van der Waals surface area (Å²) in [6.45, 7) is 0. The molecule has 1 aliphatic heterocycles. The highest BCUT2D eigenvalue weighted by Crippen LogP contribution is 2.38. The number of benzene rings is 5. The van der Waals surface area contributed by atoms with Crippen LogP contribution in [0.5, 0.6) is 0 Å². The predicted octanol–water partition coefficient (Wildman–Crippen LogP) is 10.0. The number of thioether (sulfide) groups is 1. The lowest BCUT2D eigenvalue weighted by atomic mass is 9.97. The molecule has 0 radical (unpaired) electrons. The molecular weight excluding hydrogens is 478 g/mol. The molecule has 2 heterocycles. The van der Waals surface area contributed by atoms with Crippen LogP contribution in [0.4, 0.5) is 0 Å². The van der Waals surface area contributed by atoms with E-state index < -0.39 is 0 Å². The first-order valence-electron chi connectivity index (χ1n) is 12.9. The van der Waals surface area contributed by atoms with Gasteiger partial charge in [-0.1, -0.05) is 121 Å². The third-order valence-electron chi connectivity index (χ3n) is 7.21. The van der Waals surface area contributed by atoms with Crippen molar-refractivity contribution in [1.82, 2.24) is 4.98 Å². The molecular formula is C36H25NS. The minimum Gasteiger partial charge on any atom is -0.256 e. The van der Waals surface area contributed by atoms with Gasteiger partial charge in [0.2, 0.25) is 0 Å². The molecule has 0 saturated heterocycles. The number of rotatable bonds is 4. The van der Waals surface area contributed by atoms with Crippen molar-refractivity contribution < 1.29 is 0 Å². The van der Waals surface area contributed by atoms with Crippen LogP contribution in [0.3, 0.4) is 0 Å². The fourth-order valence-electron chi connectivity index (χ4n) is 5.17. The second-order valence-electron chi connectivity index (χ2n) is 9.59. The Balaban J connectivity index is 1.15. The normalized spacial score (nSPS) is 12.4. The molecule has 7 rings (SSSR count). The van der Waals surface area contributed by atoms with Crippen LogP contribution in [0.2, 0.25) is 0 Å². The lowest BCUT2D eigenvalue weighted by Crippen LogP contribution is -1.91. The zero-order valence-electron chi connectivity index (χ0n) is 20.8. The average Bonchev–Trinajstić information content (AvgIpc) is 3.01. The highest BCUT2D eigenvalue weighted by molar-refractivity contribution is 7.99. The van der Waals surface area contributed by atoms with Gasteiger partial charge in [-0.2, -0.15) is 0 Å². The van der Waals surface area contributed by atoms with Gasteiger partial charge in [-0.25, -0.2) is 0 Å². The number of nitrogens with zero attached hydrogens (tertiary/aromatic N) is 1. The molecule has 0 amide bonds. The highest BCUT2D eigenvalue weighted by Gasteiger charge is 2.12. The second kappa shape index (κ2) is 9.81. The Labute approximate surface area is 227 Å². The summed E-state index contributed by atoms with van der Waals surface area (Å²) in [6, 6.07) is 43.5. The highest BCUT2D eigenvalue weighted by atomic mass is 32.2. The molecule has 0 aliphatic carbocycles.